The molecular weight excluding hydrogens is 500 g/mol. The van der Waals surface area contributed by atoms with Gasteiger partial charge in [0.05, 0.1) is 31.0 Å². The maximum Gasteiger partial charge on any atom is 0.115 e. The molecule has 4 atom stereocenters. The molecule has 1 aliphatic heterocycles. The topological polar surface area (TPSA) is 36.9 Å². The Labute approximate surface area is 230 Å². The van der Waals surface area contributed by atoms with E-state index in [1.54, 1.807) is 0 Å². The van der Waals surface area contributed by atoms with Gasteiger partial charge in [-0.25, -0.2) is 0 Å². The highest BCUT2D eigenvalue weighted by Gasteiger charge is 2.46. The van der Waals surface area contributed by atoms with Crippen molar-refractivity contribution in [3.63, 3.8) is 0 Å². The van der Waals surface area contributed by atoms with Crippen molar-refractivity contribution >= 4 is 23.5 Å². The normalized spacial score (nSPS) is 20.4. The third-order valence-corrected chi connectivity index (χ3v) is 8.95. The highest BCUT2D eigenvalue weighted by atomic mass is 32.2. The molecule has 0 aromatic heterocycles. The molecule has 1 saturated heterocycles. The Morgan fingerprint density at radius 2 is 1.19 bits per heavy atom. The van der Waals surface area contributed by atoms with Gasteiger partial charge in [0.15, 0.2) is 0 Å². The average Bonchev–Trinajstić information content (AvgIpc) is 3.35. The van der Waals surface area contributed by atoms with E-state index in [-0.39, 0.29) is 29.0 Å². The van der Waals surface area contributed by atoms with Crippen LogP contribution in [0.4, 0.5) is 0 Å². The Morgan fingerprint density at radius 1 is 0.703 bits per heavy atom. The fourth-order valence-corrected chi connectivity index (χ4v) is 7.14. The quantitative estimate of drug-likeness (QED) is 0.195. The van der Waals surface area contributed by atoms with E-state index < -0.39 is 0 Å². The predicted octanol–water partition coefficient (Wildman–Crippen LogP) is 6.97. The van der Waals surface area contributed by atoms with Gasteiger partial charge in [0, 0.05) is 0 Å². The largest absolute Gasteiger partial charge is 0.370 e. The van der Waals surface area contributed by atoms with E-state index >= 15 is 0 Å². The standard InChI is InChI=1S/C31H38O4S2/c1-3-36-31(37-4-2)30(34-22-26-18-12-7-13-19-26)29-28(33-21-25-16-10-6-11-17-25)27(23-35-29)32-20-24-14-8-5-9-15-24/h5-19,27-31H,3-4,20-23H2,1-2H3/t27-,28+,29+,30-/m0/s1. The molecule has 0 N–H and O–H groups in total. The number of rotatable bonds is 15. The molecule has 0 aliphatic carbocycles. The molecule has 198 valence electrons. The summed E-state index contributed by atoms with van der Waals surface area (Å²) in [5.41, 5.74) is 3.44. The predicted molar refractivity (Wildman–Crippen MR) is 155 cm³/mol. The Kier molecular flexibility index (Phi) is 11.9. The van der Waals surface area contributed by atoms with Crippen LogP contribution in [-0.2, 0) is 38.8 Å². The molecule has 1 heterocycles. The number of hydrogen-bond donors (Lipinski definition) is 0. The van der Waals surface area contributed by atoms with Crippen LogP contribution in [0, 0.1) is 0 Å². The number of thioether (sulfide) groups is 2. The highest BCUT2D eigenvalue weighted by molar-refractivity contribution is 8.17. The van der Waals surface area contributed by atoms with Gasteiger partial charge >= 0.3 is 0 Å². The monoisotopic (exact) mass is 538 g/mol. The first-order valence-corrected chi connectivity index (χ1v) is 15.2. The van der Waals surface area contributed by atoms with Gasteiger partial charge in [-0.2, -0.15) is 0 Å². The first kappa shape index (κ1) is 28.2. The van der Waals surface area contributed by atoms with E-state index in [2.05, 4.69) is 62.4 Å². The second-order valence-corrected chi connectivity index (χ2v) is 12.1. The van der Waals surface area contributed by atoms with E-state index in [4.69, 9.17) is 18.9 Å². The third kappa shape index (κ3) is 8.60. The fraction of sp³-hybridized carbons (Fsp3) is 0.419. The summed E-state index contributed by atoms with van der Waals surface area (Å²) in [6.07, 6.45) is -0.768. The molecular formula is C31H38O4S2. The van der Waals surface area contributed by atoms with Crippen LogP contribution >= 0.6 is 23.5 Å². The van der Waals surface area contributed by atoms with E-state index in [0.29, 0.717) is 26.4 Å². The molecule has 0 radical (unpaired) electrons. The Hall–Kier alpha value is -1.80. The molecule has 3 aromatic carbocycles. The highest BCUT2D eigenvalue weighted by Crippen LogP contribution is 2.36. The molecule has 0 saturated carbocycles. The lowest BCUT2D eigenvalue weighted by Crippen LogP contribution is -2.46. The average molecular weight is 539 g/mol. The van der Waals surface area contributed by atoms with E-state index in [1.807, 2.05) is 66.0 Å². The van der Waals surface area contributed by atoms with Crippen LogP contribution in [0.15, 0.2) is 91.0 Å². The second kappa shape index (κ2) is 15.6. The summed E-state index contributed by atoms with van der Waals surface area (Å²) in [4.78, 5) is 0. The number of benzene rings is 3. The maximum atomic E-state index is 6.67. The molecule has 0 amide bonds. The molecule has 37 heavy (non-hydrogen) atoms. The van der Waals surface area contributed by atoms with Crippen molar-refractivity contribution in [1.82, 2.24) is 0 Å². The molecule has 4 nitrogen and oxygen atoms in total. The lowest BCUT2D eigenvalue weighted by molar-refractivity contribution is -0.114. The molecule has 0 unspecified atom stereocenters. The van der Waals surface area contributed by atoms with Gasteiger partial charge in [-0.3, -0.25) is 0 Å². The van der Waals surface area contributed by atoms with Gasteiger partial charge < -0.3 is 18.9 Å². The molecule has 1 aliphatic rings. The summed E-state index contributed by atoms with van der Waals surface area (Å²) in [5, 5.41) is 0. The lowest BCUT2D eigenvalue weighted by Gasteiger charge is -2.34. The van der Waals surface area contributed by atoms with Gasteiger partial charge in [0.25, 0.3) is 0 Å². The lowest BCUT2D eigenvalue weighted by atomic mass is 10.1. The van der Waals surface area contributed by atoms with Crippen molar-refractivity contribution in [2.75, 3.05) is 18.1 Å². The van der Waals surface area contributed by atoms with Crippen LogP contribution in [0.2, 0.25) is 0 Å². The van der Waals surface area contributed by atoms with Crippen LogP contribution in [0.5, 0.6) is 0 Å². The van der Waals surface area contributed by atoms with Crippen molar-refractivity contribution in [1.29, 1.82) is 0 Å². The van der Waals surface area contributed by atoms with Gasteiger partial charge in [-0.15, -0.1) is 23.5 Å². The summed E-state index contributed by atoms with van der Waals surface area (Å²) in [7, 11) is 0. The minimum absolute atomic E-state index is 0.138. The van der Waals surface area contributed by atoms with Crippen LogP contribution in [0.25, 0.3) is 0 Å². The van der Waals surface area contributed by atoms with Gasteiger partial charge in [0.2, 0.25) is 0 Å². The summed E-state index contributed by atoms with van der Waals surface area (Å²) in [6.45, 7) is 6.47. The van der Waals surface area contributed by atoms with Gasteiger partial charge in [-0.1, -0.05) is 105 Å². The van der Waals surface area contributed by atoms with Gasteiger partial charge in [-0.05, 0) is 28.2 Å². The first-order valence-electron chi connectivity index (χ1n) is 13.1. The molecule has 6 heteroatoms. The maximum absolute atomic E-state index is 6.67. The Bertz CT molecular complexity index is 999. The zero-order chi connectivity index (χ0) is 25.7. The minimum Gasteiger partial charge on any atom is -0.370 e. The SMILES string of the molecule is CCSC(SCC)[C@@H](OCc1ccccc1)[C@@H]1OC[C@H](OCc2ccccc2)[C@H]1OCc1ccccc1. The van der Waals surface area contributed by atoms with Crippen LogP contribution in [-0.4, -0.2) is 47.1 Å². The molecule has 0 spiro atoms. The Balaban J connectivity index is 1.54. The third-order valence-electron chi connectivity index (χ3n) is 6.27. The number of ether oxygens (including phenoxy) is 4. The van der Waals surface area contributed by atoms with Crippen LogP contribution in [0.1, 0.15) is 30.5 Å². The summed E-state index contributed by atoms with van der Waals surface area (Å²) in [5.74, 6) is 2.03. The summed E-state index contributed by atoms with van der Waals surface area (Å²) < 4.78 is 26.4. The summed E-state index contributed by atoms with van der Waals surface area (Å²) in [6, 6.07) is 30.9. The number of hydrogen-bond acceptors (Lipinski definition) is 6. The molecule has 0 bridgehead atoms. The van der Waals surface area contributed by atoms with Crippen molar-refractivity contribution in [2.24, 2.45) is 0 Å². The fourth-order valence-electron chi connectivity index (χ4n) is 4.44. The smallest absolute Gasteiger partial charge is 0.115 e. The first-order chi connectivity index (χ1) is 18.3. The minimum atomic E-state index is -0.234. The van der Waals surface area contributed by atoms with Crippen molar-refractivity contribution in [2.45, 2.75) is 62.7 Å². The van der Waals surface area contributed by atoms with Crippen molar-refractivity contribution < 1.29 is 18.9 Å². The van der Waals surface area contributed by atoms with E-state index in [0.717, 1.165) is 28.2 Å². The van der Waals surface area contributed by atoms with E-state index in [1.165, 1.54) is 0 Å². The van der Waals surface area contributed by atoms with Crippen LogP contribution < -0.4 is 0 Å². The Morgan fingerprint density at radius 3 is 1.70 bits per heavy atom. The zero-order valence-corrected chi connectivity index (χ0v) is 23.4. The van der Waals surface area contributed by atoms with E-state index in [9.17, 15) is 0 Å². The summed E-state index contributed by atoms with van der Waals surface area (Å²) >= 11 is 3.84. The molecule has 1 fully saturated rings. The van der Waals surface area contributed by atoms with Crippen molar-refractivity contribution in [3.05, 3.63) is 108 Å². The van der Waals surface area contributed by atoms with Crippen LogP contribution in [0.3, 0.4) is 0 Å². The van der Waals surface area contributed by atoms with Gasteiger partial charge in [0.1, 0.15) is 24.4 Å². The molecule has 3 aromatic rings. The van der Waals surface area contributed by atoms with Crippen molar-refractivity contribution in [3.8, 4) is 0 Å². The second-order valence-electron chi connectivity index (χ2n) is 8.93. The zero-order valence-electron chi connectivity index (χ0n) is 21.7. The molecule has 4 rings (SSSR count).